The predicted molar refractivity (Wildman–Crippen MR) is 97.4 cm³/mol. The predicted octanol–water partition coefficient (Wildman–Crippen LogP) is 3.57. The Hall–Kier alpha value is -1.55. The fourth-order valence-corrected chi connectivity index (χ4v) is 5.80. The second-order valence-corrected chi connectivity index (χ2v) is 8.23. The summed E-state index contributed by atoms with van der Waals surface area (Å²) in [4.78, 5) is 15.1. The summed E-state index contributed by atoms with van der Waals surface area (Å²) < 4.78 is 11.0. The van der Waals surface area contributed by atoms with E-state index in [4.69, 9.17) is 9.47 Å². The number of ether oxygens (including phenoxy) is 2. The van der Waals surface area contributed by atoms with E-state index in [2.05, 4.69) is 24.1 Å². The summed E-state index contributed by atoms with van der Waals surface area (Å²) in [6.07, 6.45) is 7.30. The zero-order valence-corrected chi connectivity index (χ0v) is 15.6. The summed E-state index contributed by atoms with van der Waals surface area (Å²) >= 11 is 0. The van der Waals surface area contributed by atoms with Gasteiger partial charge in [0.1, 0.15) is 5.78 Å². The van der Waals surface area contributed by atoms with Crippen molar-refractivity contribution in [2.45, 2.75) is 56.4 Å². The molecule has 1 aromatic rings. The average molecular weight is 343 g/mol. The number of ketones is 1. The van der Waals surface area contributed by atoms with E-state index in [1.54, 1.807) is 14.2 Å². The molecule has 1 heterocycles. The van der Waals surface area contributed by atoms with Crippen molar-refractivity contribution in [1.82, 2.24) is 4.90 Å². The van der Waals surface area contributed by atoms with E-state index >= 15 is 0 Å². The molecule has 1 spiro atoms. The number of hydrogen-bond acceptors (Lipinski definition) is 4. The Morgan fingerprint density at radius 1 is 1.08 bits per heavy atom. The van der Waals surface area contributed by atoms with Crippen LogP contribution in [-0.4, -0.2) is 44.5 Å². The number of hydrogen-bond donors (Lipinski definition) is 0. The molecule has 0 bridgehead atoms. The zero-order chi connectivity index (χ0) is 17.7. The number of likely N-dealkylation sites (tertiary alicyclic amines) is 1. The van der Waals surface area contributed by atoms with Crippen molar-refractivity contribution in [3.05, 3.63) is 23.8 Å². The largest absolute Gasteiger partial charge is 0.493 e. The molecule has 25 heavy (non-hydrogen) atoms. The number of methoxy groups -OCH3 is 2. The van der Waals surface area contributed by atoms with E-state index in [1.807, 2.05) is 6.07 Å². The molecule has 3 fully saturated rings. The maximum absolute atomic E-state index is 12.6. The van der Waals surface area contributed by atoms with Crippen LogP contribution < -0.4 is 9.47 Å². The van der Waals surface area contributed by atoms with Crippen LogP contribution in [0.15, 0.2) is 18.2 Å². The Kier molecular flexibility index (Phi) is 4.06. The molecule has 0 radical (unpaired) electrons. The van der Waals surface area contributed by atoms with Crippen molar-refractivity contribution in [1.29, 1.82) is 0 Å². The minimum absolute atomic E-state index is 0.0384. The van der Waals surface area contributed by atoms with Crippen molar-refractivity contribution in [2.24, 2.45) is 5.41 Å². The van der Waals surface area contributed by atoms with Crippen molar-refractivity contribution in [2.75, 3.05) is 27.8 Å². The lowest BCUT2D eigenvalue weighted by Crippen LogP contribution is -2.50. The Labute approximate surface area is 150 Å². The van der Waals surface area contributed by atoms with Gasteiger partial charge in [-0.3, -0.25) is 4.79 Å². The van der Waals surface area contributed by atoms with Crippen molar-refractivity contribution in [3.63, 3.8) is 0 Å². The van der Waals surface area contributed by atoms with Gasteiger partial charge in [-0.25, -0.2) is 0 Å². The minimum atomic E-state index is -0.0384. The number of likely N-dealkylation sites (N-methyl/N-ethyl adjacent to an activating group) is 1. The van der Waals surface area contributed by atoms with Crippen LogP contribution >= 0.6 is 0 Å². The highest BCUT2D eigenvalue weighted by Crippen LogP contribution is 2.57. The molecule has 1 saturated heterocycles. The van der Waals surface area contributed by atoms with Gasteiger partial charge in [0.2, 0.25) is 0 Å². The third kappa shape index (κ3) is 2.41. The quantitative estimate of drug-likeness (QED) is 0.841. The summed E-state index contributed by atoms with van der Waals surface area (Å²) in [5, 5.41) is 0. The molecule has 0 N–H and O–H groups in total. The first-order valence-corrected chi connectivity index (χ1v) is 9.51. The summed E-state index contributed by atoms with van der Waals surface area (Å²) in [6, 6.07) is 6.85. The molecule has 2 saturated carbocycles. The normalized spacial score (nSPS) is 35.2. The van der Waals surface area contributed by atoms with Crippen LogP contribution in [-0.2, 0) is 10.2 Å². The van der Waals surface area contributed by atoms with Gasteiger partial charge in [0, 0.05) is 23.3 Å². The van der Waals surface area contributed by atoms with Crippen molar-refractivity contribution in [3.8, 4) is 11.5 Å². The van der Waals surface area contributed by atoms with Crippen LogP contribution in [0.25, 0.3) is 0 Å². The van der Waals surface area contributed by atoms with Gasteiger partial charge < -0.3 is 14.4 Å². The summed E-state index contributed by atoms with van der Waals surface area (Å²) in [5.74, 6) is 2.11. The molecule has 1 aromatic carbocycles. The molecule has 1 aliphatic heterocycles. The van der Waals surface area contributed by atoms with E-state index < -0.39 is 0 Å². The lowest BCUT2D eigenvalue weighted by atomic mass is 9.58. The molecule has 0 amide bonds. The number of carbonyl (C=O) groups is 1. The summed E-state index contributed by atoms with van der Waals surface area (Å²) in [7, 11) is 5.61. The highest BCUT2D eigenvalue weighted by Gasteiger charge is 2.57. The Morgan fingerprint density at radius 3 is 2.56 bits per heavy atom. The molecule has 3 aliphatic rings. The zero-order valence-electron chi connectivity index (χ0n) is 15.6. The highest BCUT2D eigenvalue weighted by atomic mass is 16.5. The van der Waals surface area contributed by atoms with Gasteiger partial charge in [0.15, 0.2) is 11.5 Å². The van der Waals surface area contributed by atoms with Crippen molar-refractivity contribution >= 4 is 5.78 Å². The summed E-state index contributed by atoms with van der Waals surface area (Å²) in [5.41, 5.74) is 1.45. The maximum Gasteiger partial charge on any atom is 0.161 e. The molecule has 4 rings (SSSR count). The fourth-order valence-electron chi connectivity index (χ4n) is 5.80. The minimum Gasteiger partial charge on any atom is -0.493 e. The van der Waals surface area contributed by atoms with E-state index in [-0.39, 0.29) is 10.8 Å². The third-order valence-electron chi connectivity index (χ3n) is 7.32. The number of rotatable bonds is 3. The second kappa shape index (κ2) is 6.01. The number of nitrogens with zero attached hydrogens (tertiary/aromatic N) is 1. The first-order valence-electron chi connectivity index (χ1n) is 9.51. The van der Waals surface area contributed by atoms with Gasteiger partial charge in [-0.15, -0.1) is 0 Å². The van der Waals surface area contributed by atoms with Crippen LogP contribution in [0.4, 0.5) is 0 Å². The maximum atomic E-state index is 12.6. The standard InChI is InChI=1S/C21H29NO3/c1-22-12-11-21(15-6-7-16(24-2)17(13-15)25-3)10-9-20(14-18(21)22)8-4-5-19(20)23/h6-7,13,18H,4-5,8-12,14H2,1-3H3. The molecule has 4 nitrogen and oxygen atoms in total. The fraction of sp³-hybridized carbons (Fsp3) is 0.667. The van der Waals surface area contributed by atoms with Crippen LogP contribution in [0.1, 0.15) is 50.5 Å². The molecule has 136 valence electrons. The first kappa shape index (κ1) is 16.9. The highest BCUT2D eigenvalue weighted by molar-refractivity contribution is 5.87. The molecule has 3 unspecified atom stereocenters. The summed E-state index contributed by atoms with van der Waals surface area (Å²) in [6.45, 7) is 1.10. The van der Waals surface area contributed by atoms with Crippen LogP contribution in [0.3, 0.4) is 0 Å². The van der Waals surface area contributed by atoms with E-state index in [1.165, 1.54) is 5.56 Å². The Bertz CT molecular complexity index is 688. The van der Waals surface area contributed by atoms with Crippen LogP contribution in [0.5, 0.6) is 11.5 Å². The average Bonchev–Trinajstić information content (AvgIpc) is 3.16. The monoisotopic (exact) mass is 343 g/mol. The van der Waals surface area contributed by atoms with Gasteiger partial charge in [-0.1, -0.05) is 6.07 Å². The topological polar surface area (TPSA) is 38.8 Å². The van der Waals surface area contributed by atoms with Crippen molar-refractivity contribution < 1.29 is 14.3 Å². The molecule has 2 aliphatic carbocycles. The lowest BCUT2D eigenvalue weighted by Gasteiger charge is -2.48. The van der Waals surface area contributed by atoms with Crippen LogP contribution in [0, 0.1) is 5.41 Å². The SMILES string of the molecule is COc1ccc(C23CCN(C)C2CC2(CCCC2=O)CC3)cc1OC. The molecular weight excluding hydrogens is 314 g/mol. The van der Waals surface area contributed by atoms with Gasteiger partial charge in [-0.05, 0) is 69.8 Å². The van der Waals surface area contributed by atoms with Crippen LogP contribution in [0.2, 0.25) is 0 Å². The molecule has 3 atom stereocenters. The molecule has 0 aromatic heterocycles. The van der Waals surface area contributed by atoms with Gasteiger partial charge in [-0.2, -0.15) is 0 Å². The Morgan fingerprint density at radius 2 is 1.88 bits per heavy atom. The molecule has 4 heteroatoms. The smallest absolute Gasteiger partial charge is 0.161 e. The van der Waals surface area contributed by atoms with Gasteiger partial charge in [0.25, 0.3) is 0 Å². The number of Topliss-reactive ketones (excluding diaryl/α,β-unsaturated/α-hetero) is 1. The second-order valence-electron chi connectivity index (χ2n) is 8.23. The third-order valence-corrected chi connectivity index (χ3v) is 7.32. The Balaban J connectivity index is 1.72. The van der Waals surface area contributed by atoms with E-state index in [0.29, 0.717) is 11.8 Å². The first-order chi connectivity index (χ1) is 12.0. The lowest BCUT2D eigenvalue weighted by molar-refractivity contribution is -0.129. The number of fused-ring (bicyclic) bond motifs is 1. The van der Waals surface area contributed by atoms with Gasteiger partial charge >= 0.3 is 0 Å². The number of carbonyl (C=O) groups excluding carboxylic acids is 1. The van der Waals surface area contributed by atoms with E-state index in [9.17, 15) is 4.79 Å². The van der Waals surface area contributed by atoms with E-state index in [0.717, 1.165) is 63.0 Å². The number of benzene rings is 1. The van der Waals surface area contributed by atoms with Gasteiger partial charge in [0.05, 0.1) is 14.2 Å². The molecular formula is C21H29NO3.